The first kappa shape index (κ1) is 19.4. The van der Waals surface area contributed by atoms with Crippen molar-refractivity contribution in [3.05, 3.63) is 71.5 Å². The first-order chi connectivity index (χ1) is 12.4. The molecule has 0 spiro atoms. The maximum atomic E-state index is 13.3. The van der Waals surface area contributed by atoms with Gasteiger partial charge in [-0.15, -0.1) is 0 Å². The second kappa shape index (κ2) is 9.56. The summed E-state index contributed by atoms with van der Waals surface area (Å²) < 4.78 is 13.3. The first-order valence-electron chi connectivity index (χ1n) is 8.46. The van der Waals surface area contributed by atoms with E-state index in [9.17, 15) is 14.0 Å². The van der Waals surface area contributed by atoms with Crippen LogP contribution in [0.15, 0.2) is 54.6 Å². The molecule has 0 bridgehead atoms. The SMILES string of the molecule is CN(Cc1cccc(F)c1)C(=O)NC(CCC(=O)O)Cc1ccccc1. The van der Waals surface area contributed by atoms with Gasteiger partial charge >= 0.3 is 12.0 Å². The van der Waals surface area contributed by atoms with Gasteiger partial charge in [-0.05, 0) is 36.1 Å². The lowest BCUT2D eigenvalue weighted by atomic mass is 10.0. The molecule has 26 heavy (non-hydrogen) atoms. The van der Waals surface area contributed by atoms with Crippen LogP contribution in [-0.4, -0.2) is 35.1 Å². The van der Waals surface area contributed by atoms with E-state index < -0.39 is 5.97 Å². The van der Waals surface area contributed by atoms with Crippen LogP contribution in [0, 0.1) is 5.82 Å². The summed E-state index contributed by atoms with van der Waals surface area (Å²) in [5.74, 6) is -1.25. The molecule has 0 aliphatic rings. The van der Waals surface area contributed by atoms with Crippen LogP contribution in [0.25, 0.3) is 0 Å². The van der Waals surface area contributed by atoms with Crippen LogP contribution in [0.3, 0.4) is 0 Å². The Morgan fingerprint density at radius 1 is 1.12 bits per heavy atom. The van der Waals surface area contributed by atoms with Crippen molar-refractivity contribution < 1.29 is 19.1 Å². The summed E-state index contributed by atoms with van der Waals surface area (Å²) in [5.41, 5.74) is 1.71. The van der Waals surface area contributed by atoms with Gasteiger partial charge < -0.3 is 15.3 Å². The Bertz CT molecular complexity index is 737. The number of nitrogens with zero attached hydrogens (tertiary/aromatic N) is 1. The molecule has 0 saturated heterocycles. The number of hydrogen-bond donors (Lipinski definition) is 2. The van der Waals surface area contributed by atoms with Crippen molar-refractivity contribution >= 4 is 12.0 Å². The molecule has 0 radical (unpaired) electrons. The van der Waals surface area contributed by atoms with Crippen LogP contribution in [0.2, 0.25) is 0 Å². The molecule has 0 saturated carbocycles. The molecule has 2 N–H and O–H groups in total. The molecular formula is C20H23FN2O3. The summed E-state index contributed by atoms with van der Waals surface area (Å²) in [6, 6.07) is 15.1. The molecule has 0 aliphatic heterocycles. The van der Waals surface area contributed by atoms with Gasteiger partial charge in [0.1, 0.15) is 5.82 Å². The zero-order valence-corrected chi connectivity index (χ0v) is 14.7. The summed E-state index contributed by atoms with van der Waals surface area (Å²) >= 11 is 0. The summed E-state index contributed by atoms with van der Waals surface area (Å²) in [4.78, 5) is 24.8. The summed E-state index contributed by atoms with van der Waals surface area (Å²) in [5, 5.41) is 11.8. The number of urea groups is 1. The number of halogens is 1. The van der Waals surface area contributed by atoms with Crippen LogP contribution in [0.5, 0.6) is 0 Å². The number of aliphatic carboxylic acids is 1. The minimum absolute atomic E-state index is 0.0224. The lowest BCUT2D eigenvalue weighted by molar-refractivity contribution is -0.137. The van der Waals surface area contributed by atoms with Crippen LogP contribution in [0.1, 0.15) is 24.0 Å². The normalized spacial score (nSPS) is 11.6. The molecule has 0 aromatic heterocycles. The number of hydrogen-bond acceptors (Lipinski definition) is 2. The number of benzene rings is 2. The molecule has 2 aromatic carbocycles. The fourth-order valence-corrected chi connectivity index (χ4v) is 2.69. The highest BCUT2D eigenvalue weighted by molar-refractivity contribution is 5.74. The van der Waals surface area contributed by atoms with Gasteiger partial charge in [-0.25, -0.2) is 9.18 Å². The van der Waals surface area contributed by atoms with E-state index in [0.29, 0.717) is 18.4 Å². The number of carboxylic acids is 1. The van der Waals surface area contributed by atoms with E-state index in [0.717, 1.165) is 5.56 Å². The van der Waals surface area contributed by atoms with E-state index in [2.05, 4.69) is 5.32 Å². The Labute approximate surface area is 152 Å². The minimum atomic E-state index is -0.898. The molecule has 1 atom stereocenters. The molecule has 6 heteroatoms. The highest BCUT2D eigenvalue weighted by Gasteiger charge is 2.17. The molecule has 2 amide bonds. The maximum absolute atomic E-state index is 13.3. The average Bonchev–Trinajstić information content (AvgIpc) is 2.60. The topological polar surface area (TPSA) is 69.6 Å². The summed E-state index contributed by atoms with van der Waals surface area (Å²) in [6.45, 7) is 0.264. The van der Waals surface area contributed by atoms with E-state index in [1.807, 2.05) is 30.3 Å². The number of amides is 2. The fraction of sp³-hybridized carbons (Fsp3) is 0.300. The van der Waals surface area contributed by atoms with Crippen molar-refractivity contribution in [1.82, 2.24) is 10.2 Å². The molecular weight excluding hydrogens is 335 g/mol. The first-order valence-corrected chi connectivity index (χ1v) is 8.46. The van der Waals surface area contributed by atoms with Gasteiger partial charge in [-0.2, -0.15) is 0 Å². The van der Waals surface area contributed by atoms with Gasteiger partial charge in [0.2, 0.25) is 0 Å². The average molecular weight is 358 g/mol. The summed E-state index contributed by atoms with van der Waals surface area (Å²) in [6.07, 6.45) is 0.864. The quantitative estimate of drug-likeness (QED) is 0.759. The Kier molecular flexibility index (Phi) is 7.14. The van der Waals surface area contributed by atoms with Crippen molar-refractivity contribution in [3.8, 4) is 0 Å². The maximum Gasteiger partial charge on any atom is 0.317 e. The molecule has 0 aliphatic carbocycles. The van der Waals surface area contributed by atoms with Gasteiger partial charge in [0.25, 0.3) is 0 Å². The van der Waals surface area contributed by atoms with Gasteiger partial charge in [0, 0.05) is 26.1 Å². The lowest BCUT2D eigenvalue weighted by Crippen LogP contribution is -2.44. The zero-order chi connectivity index (χ0) is 18.9. The Balaban J connectivity index is 1.98. The third-order valence-corrected chi connectivity index (χ3v) is 4.01. The molecule has 5 nitrogen and oxygen atoms in total. The Morgan fingerprint density at radius 3 is 2.46 bits per heavy atom. The molecule has 2 rings (SSSR count). The fourth-order valence-electron chi connectivity index (χ4n) is 2.69. The van der Waals surface area contributed by atoms with Crippen LogP contribution < -0.4 is 5.32 Å². The van der Waals surface area contributed by atoms with Gasteiger partial charge in [-0.1, -0.05) is 42.5 Å². The predicted molar refractivity (Wildman–Crippen MR) is 97.2 cm³/mol. The molecule has 0 fully saturated rings. The van der Waals surface area contributed by atoms with E-state index in [4.69, 9.17) is 5.11 Å². The third-order valence-electron chi connectivity index (χ3n) is 4.01. The van der Waals surface area contributed by atoms with Crippen LogP contribution >= 0.6 is 0 Å². The number of carboxylic acid groups (broad SMARTS) is 1. The van der Waals surface area contributed by atoms with Gasteiger partial charge in [0.05, 0.1) is 0 Å². The van der Waals surface area contributed by atoms with E-state index in [1.54, 1.807) is 19.2 Å². The van der Waals surface area contributed by atoms with Crippen molar-refractivity contribution in [3.63, 3.8) is 0 Å². The standard InChI is InChI=1S/C20H23FN2O3/c1-23(14-16-8-5-9-17(21)12-16)20(26)22-18(10-11-19(24)25)13-15-6-3-2-4-7-15/h2-9,12,18H,10-11,13-14H2,1H3,(H,22,26)(H,24,25). The highest BCUT2D eigenvalue weighted by atomic mass is 19.1. The van der Waals surface area contributed by atoms with Crippen LogP contribution in [-0.2, 0) is 17.8 Å². The lowest BCUT2D eigenvalue weighted by Gasteiger charge is -2.23. The number of carbonyl (C=O) groups is 2. The van der Waals surface area contributed by atoms with Gasteiger partial charge in [-0.3, -0.25) is 4.79 Å². The zero-order valence-electron chi connectivity index (χ0n) is 14.7. The number of rotatable bonds is 8. The highest BCUT2D eigenvalue weighted by Crippen LogP contribution is 2.10. The minimum Gasteiger partial charge on any atom is -0.481 e. The Hall–Kier alpha value is -2.89. The number of carbonyl (C=O) groups excluding carboxylic acids is 1. The monoisotopic (exact) mass is 358 g/mol. The van der Waals surface area contributed by atoms with Crippen molar-refractivity contribution in [2.45, 2.75) is 31.8 Å². The van der Waals surface area contributed by atoms with Crippen molar-refractivity contribution in [2.75, 3.05) is 7.05 Å². The smallest absolute Gasteiger partial charge is 0.317 e. The van der Waals surface area contributed by atoms with Crippen molar-refractivity contribution in [2.24, 2.45) is 0 Å². The van der Waals surface area contributed by atoms with Crippen LogP contribution in [0.4, 0.5) is 9.18 Å². The number of nitrogens with one attached hydrogen (secondary N) is 1. The van der Waals surface area contributed by atoms with E-state index in [-0.39, 0.29) is 30.9 Å². The van der Waals surface area contributed by atoms with E-state index >= 15 is 0 Å². The van der Waals surface area contributed by atoms with Gasteiger partial charge in [0.15, 0.2) is 0 Å². The molecule has 0 heterocycles. The van der Waals surface area contributed by atoms with Crippen molar-refractivity contribution in [1.29, 1.82) is 0 Å². The second-order valence-electron chi connectivity index (χ2n) is 6.25. The summed E-state index contributed by atoms with van der Waals surface area (Å²) in [7, 11) is 1.62. The molecule has 2 aromatic rings. The third kappa shape index (κ3) is 6.55. The second-order valence-corrected chi connectivity index (χ2v) is 6.25. The predicted octanol–water partition coefficient (Wildman–Crippen LogP) is 3.44. The molecule has 138 valence electrons. The Morgan fingerprint density at radius 2 is 1.81 bits per heavy atom. The largest absolute Gasteiger partial charge is 0.481 e. The molecule has 1 unspecified atom stereocenters. The van der Waals surface area contributed by atoms with E-state index in [1.165, 1.54) is 17.0 Å².